The molecular formula is C24H33ClN2O6S. The highest BCUT2D eigenvalue weighted by molar-refractivity contribution is 7.89. The van der Waals surface area contributed by atoms with Crippen molar-refractivity contribution in [1.82, 2.24) is 10.0 Å². The monoisotopic (exact) mass is 512 g/mol. The molecule has 34 heavy (non-hydrogen) atoms. The second-order valence-corrected chi connectivity index (χ2v) is 10.0. The first-order valence-corrected chi connectivity index (χ1v) is 13.3. The van der Waals surface area contributed by atoms with Crippen molar-refractivity contribution in [2.75, 3.05) is 32.6 Å². The van der Waals surface area contributed by atoms with Gasteiger partial charge in [-0.25, -0.2) is 13.1 Å². The average molecular weight is 513 g/mol. The van der Waals surface area contributed by atoms with Crippen molar-refractivity contribution in [2.24, 2.45) is 0 Å². The smallest absolute Gasteiger partial charge is 0.238 e. The maximum absolute atomic E-state index is 12.5. The van der Waals surface area contributed by atoms with Crippen molar-refractivity contribution in [3.63, 3.8) is 0 Å². The van der Waals surface area contributed by atoms with E-state index in [4.69, 9.17) is 25.8 Å². The molecule has 0 unspecified atom stereocenters. The molecule has 0 aliphatic heterocycles. The molecule has 8 nitrogen and oxygen atoms in total. The second kappa shape index (κ2) is 14.0. The lowest BCUT2D eigenvalue weighted by atomic mass is 10.1. The molecule has 0 radical (unpaired) electrons. The lowest BCUT2D eigenvalue weighted by Gasteiger charge is -2.17. The minimum absolute atomic E-state index is 0.0675. The van der Waals surface area contributed by atoms with Gasteiger partial charge in [-0.3, -0.25) is 4.79 Å². The first-order valence-electron chi connectivity index (χ1n) is 11.2. The highest BCUT2D eigenvalue weighted by atomic mass is 35.5. The van der Waals surface area contributed by atoms with E-state index in [2.05, 4.69) is 10.0 Å². The number of methoxy groups -OCH3 is 1. The molecule has 0 fully saturated rings. The summed E-state index contributed by atoms with van der Waals surface area (Å²) in [6, 6.07) is 11.9. The van der Waals surface area contributed by atoms with Crippen LogP contribution in [0.3, 0.4) is 0 Å². The van der Waals surface area contributed by atoms with Gasteiger partial charge in [-0.05, 0) is 61.7 Å². The number of carbonyl (C=O) groups is 1. The highest BCUT2D eigenvalue weighted by Gasteiger charge is 2.22. The third-order valence-electron chi connectivity index (χ3n) is 4.96. The predicted octanol–water partition coefficient (Wildman–Crippen LogP) is 3.57. The summed E-state index contributed by atoms with van der Waals surface area (Å²) in [7, 11) is -1.90. The standard InChI is InChI=1S/C24H33ClN2O6S/c1-4-6-21(27-34(29,30)5-2)24(28)26-14-13-18-7-12-22(23(17-18)31-3)33-16-15-32-20-10-8-19(25)9-11-20/h7-12,17,21,27H,4-6,13-16H2,1-3H3,(H,26,28)/t21-/m0/s1. The summed E-state index contributed by atoms with van der Waals surface area (Å²) in [5.74, 6) is 1.48. The van der Waals surface area contributed by atoms with Crippen molar-refractivity contribution in [1.29, 1.82) is 0 Å². The maximum atomic E-state index is 12.5. The number of halogens is 1. The quantitative estimate of drug-likeness (QED) is 0.354. The highest BCUT2D eigenvalue weighted by Crippen LogP contribution is 2.28. The van der Waals surface area contributed by atoms with Crippen LogP contribution in [0.1, 0.15) is 32.3 Å². The fourth-order valence-corrected chi connectivity index (χ4v) is 4.07. The molecule has 0 aliphatic carbocycles. The van der Waals surface area contributed by atoms with Crippen LogP contribution in [0.25, 0.3) is 0 Å². The fourth-order valence-electron chi connectivity index (χ4n) is 3.11. The average Bonchev–Trinajstić information content (AvgIpc) is 2.83. The van der Waals surface area contributed by atoms with Crippen LogP contribution < -0.4 is 24.2 Å². The molecule has 188 valence electrons. The minimum atomic E-state index is -3.46. The number of sulfonamides is 1. The SMILES string of the molecule is CCC[C@H](NS(=O)(=O)CC)C(=O)NCCc1ccc(OCCOc2ccc(Cl)cc2)c(OC)c1. The molecule has 0 spiro atoms. The number of rotatable bonds is 15. The molecule has 0 bridgehead atoms. The van der Waals surface area contributed by atoms with Crippen LogP contribution in [0.5, 0.6) is 17.2 Å². The predicted molar refractivity (Wildman–Crippen MR) is 133 cm³/mol. The molecule has 2 aromatic rings. The van der Waals surface area contributed by atoms with E-state index in [1.54, 1.807) is 31.4 Å². The lowest BCUT2D eigenvalue weighted by Crippen LogP contribution is -2.47. The van der Waals surface area contributed by atoms with Gasteiger partial charge in [0.15, 0.2) is 11.5 Å². The third kappa shape index (κ3) is 9.40. The molecule has 0 aliphatic rings. The first-order chi connectivity index (χ1) is 16.3. The van der Waals surface area contributed by atoms with Crippen molar-refractivity contribution < 1.29 is 27.4 Å². The van der Waals surface area contributed by atoms with Crippen molar-refractivity contribution in [2.45, 2.75) is 39.2 Å². The van der Waals surface area contributed by atoms with Crippen LogP contribution in [0, 0.1) is 0 Å². The topological polar surface area (TPSA) is 103 Å². The van der Waals surface area contributed by atoms with Gasteiger partial charge >= 0.3 is 0 Å². The fraction of sp³-hybridized carbons (Fsp3) is 0.458. The Hall–Kier alpha value is -2.49. The second-order valence-electron chi connectivity index (χ2n) is 7.54. The van der Waals surface area contributed by atoms with Crippen molar-refractivity contribution in [3.05, 3.63) is 53.1 Å². The normalized spacial score (nSPS) is 12.1. The Labute approximate surface area is 207 Å². The molecule has 0 saturated heterocycles. The zero-order valence-electron chi connectivity index (χ0n) is 19.8. The van der Waals surface area contributed by atoms with E-state index >= 15 is 0 Å². The molecule has 2 N–H and O–H groups in total. The summed E-state index contributed by atoms with van der Waals surface area (Å²) >= 11 is 5.86. The summed E-state index contributed by atoms with van der Waals surface area (Å²) in [4.78, 5) is 12.5. The number of hydrogen-bond acceptors (Lipinski definition) is 6. The first kappa shape index (κ1) is 27.8. The molecule has 2 aromatic carbocycles. The lowest BCUT2D eigenvalue weighted by molar-refractivity contribution is -0.122. The number of nitrogens with one attached hydrogen (secondary N) is 2. The Morgan fingerprint density at radius 2 is 1.74 bits per heavy atom. The molecule has 0 heterocycles. The van der Waals surface area contributed by atoms with E-state index in [1.165, 1.54) is 6.92 Å². The number of ether oxygens (including phenoxy) is 3. The number of carbonyl (C=O) groups excluding carboxylic acids is 1. The zero-order chi connectivity index (χ0) is 25.0. The van der Waals surface area contributed by atoms with Crippen molar-refractivity contribution in [3.8, 4) is 17.2 Å². The minimum Gasteiger partial charge on any atom is -0.493 e. The Morgan fingerprint density at radius 3 is 2.38 bits per heavy atom. The van der Waals surface area contributed by atoms with Crippen LogP contribution in [0.2, 0.25) is 5.02 Å². The largest absolute Gasteiger partial charge is 0.493 e. The summed E-state index contributed by atoms with van der Waals surface area (Å²) in [5, 5.41) is 3.46. The van der Waals surface area contributed by atoms with Crippen LogP contribution in [0.4, 0.5) is 0 Å². The van der Waals surface area contributed by atoms with Gasteiger partial charge in [0, 0.05) is 11.6 Å². The molecule has 0 aromatic heterocycles. The molecule has 0 saturated carbocycles. The van der Waals surface area contributed by atoms with E-state index in [-0.39, 0.29) is 11.7 Å². The van der Waals surface area contributed by atoms with Gasteiger partial charge in [0.05, 0.1) is 12.9 Å². The van der Waals surface area contributed by atoms with Crippen LogP contribution >= 0.6 is 11.6 Å². The van der Waals surface area contributed by atoms with E-state index in [0.29, 0.717) is 61.3 Å². The Kier molecular flexibility index (Phi) is 11.5. The van der Waals surface area contributed by atoms with E-state index < -0.39 is 16.1 Å². The van der Waals surface area contributed by atoms with E-state index in [9.17, 15) is 13.2 Å². The molecular weight excluding hydrogens is 480 g/mol. The number of benzene rings is 2. The zero-order valence-corrected chi connectivity index (χ0v) is 21.4. The summed E-state index contributed by atoms with van der Waals surface area (Å²) in [6.45, 7) is 4.50. The molecule has 2 rings (SSSR count). The summed E-state index contributed by atoms with van der Waals surface area (Å²) in [5.41, 5.74) is 0.947. The molecule has 1 atom stereocenters. The third-order valence-corrected chi connectivity index (χ3v) is 6.62. The maximum Gasteiger partial charge on any atom is 0.238 e. The van der Waals surface area contributed by atoms with Crippen molar-refractivity contribution >= 4 is 27.5 Å². The Bertz CT molecular complexity index is 1010. The van der Waals surface area contributed by atoms with Gasteiger partial charge in [-0.2, -0.15) is 0 Å². The van der Waals surface area contributed by atoms with Gasteiger partial charge in [0.2, 0.25) is 15.9 Å². The number of amides is 1. The molecule has 10 heteroatoms. The van der Waals surface area contributed by atoms with Gasteiger partial charge in [0.25, 0.3) is 0 Å². The van der Waals surface area contributed by atoms with Crippen LogP contribution in [0.15, 0.2) is 42.5 Å². The van der Waals surface area contributed by atoms with Gasteiger partial charge < -0.3 is 19.5 Å². The van der Waals surface area contributed by atoms with Gasteiger partial charge in [-0.1, -0.05) is 31.0 Å². The van der Waals surface area contributed by atoms with Gasteiger partial charge in [-0.15, -0.1) is 0 Å². The summed E-state index contributed by atoms with van der Waals surface area (Å²) < 4.78 is 43.0. The van der Waals surface area contributed by atoms with Gasteiger partial charge in [0.1, 0.15) is 25.0 Å². The molecule has 1 amide bonds. The Morgan fingerprint density at radius 1 is 1.03 bits per heavy atom. The van der Waals surface area contributed by atoms with Crippen LogP contribution in [-0.4, -0.2) is 53.0 Å². The van der Waals surface area contributed by atoms with Crippen LogP contribution in [-0.2, 0) is 21.2 Å². The van der Waals surface area contributed by atoms with E-state index in [0.717, 1.165) is 5.56 Å². The Balaban J connectivity index is 1.83. The van der Waals surface area contributed by atoms with E-state index in [1.807, 2.05) is 25.1 Å². The number of hydrogen-bond donors (Lipinski definition) is 2. The summed E-state index contributed by atoms with van der Waals surface area (Å²) in [6.07, 6.45) is 1.68.